The van der Waals surface area contributed by atoms with Gasteiger partial charge in [-0.25, -0.2) is 0 Å². The SMILES string of the molecule is Cc1cc(C)c(N2c3cc4c(cc3B3c5ccccc5Oc5cc(N(c6ccccc6)c6ccccc6)cc2c53)B2c3cc5c(cc3Oc3cc(N(c6ccccc6)c6ccccc6)cc(c32)N4c2c(C)cc(C)cc2C)N(c2c(C)cc(C)cc2C)c2cc(N(c3ccccc3)c3ccccc3)cc3c2B5c2ccccc2N3c2ccccc2)c(C)c1. The van der Waals surface area contributed by atoms with E-state index in [1.165, 1.54) is 77.4 Å². The minimum absolute atomic E-state index is 0.271. The molecule has 0 atom stereocenters. The van der Waals surface area contributed by atoms with Crippen molar-refractivity contribution in [1.29, 1.82) is 0 Å². The van der Waals surface area contributed by atoms with E-state index < -0.39 is 6.71 Å². The number of para-hydroxylation sites is 9. The second-order valence-corrected chi connectivity index (χ2v) is 34.1. The highest BCUT2D eigenvalue weighted by Crippen LogP contribution is 2.55. The summed E-state index contributed by atoms with van der Waals surface area (Å²) in [7, 11) is 0. The second-order valence-electron chi connectivity index (χ2n) is 34.1. The van der Waals surface area contributed by atoms with Crippen LogP contribution in [0.25, 0.3) is 0 Å². The number of hydrogen-bond donors (Lipinski definition) is 0. The number of aryl methyl sites for hydroxylation is 9. The topological polar surface area (TPSA) is 41.1 Å². The van der Waals surface area contributed by atoms with Gasteiger partial charge in [-0.2, -0.15) is 0 Å². The maximum absolute atomic E-state index is 8.26. The van der Waals surface area contributed by atoms with Crippen LogP contribution < -0.4 is 92.9 Å². The highest BCUT2D eigenvalue weighted by molar-refractivity contribution is 7.04. The maximum atomic E-state index is 8.26. The summed E-state index contributed by atoms with van der Waals surface area (Å²) in [6.45, 7) is 19.5. The number of fused-ring (bicyclic) bond motifs is 12. The molecule has 23 rings (SSSR count). The molecule has 17 aromatic rings. The van der Waals surface area contributed by atoms with Crippen LogP contribution in [0.1, 0.15) is 50.1 Å². The van der Waals surface area contributed by atoms with Crippen LogP contribution >= 0.6 is 0 Å². The lowest BCUT2D eigenvalue weighted by Crippen LogP contribution is -2.65. The first-order valence-electron chi connectivity index (χ1n) is 42.9. The van der Waals surface area contributed by atoms with Crippen LogP contribution in [-0.4, -0.2) is 20.1 Å². The van der Waals surface area contributed by atoms with Crippen molar-refractivity contribution >= 4 is 189 Å². The molecular formula is C111H86B3N7O2. The lowest BCUT2D eigenvalue weighted by Gasteiger charge is -2.47. The third kappa shape index (κ3) is 11.6. The van der Waals surface area contributed by atoms with Crippen LogP contribution in [0.2, 0.25) is 0 Å². The molecule has 6 aliphatic heterocycles. The monoisotopic (exact) mass is 1580 g/mol. The van der Waals surface area contributed by atoms with Crippen molar-refractivity contribution in [3.05, 3.63) is 408 Å². The van der Waals surface area contributed by atoms with Gasteiger partial charge in [0, 0.05) is 104 Å². The summed E-state index contributed by atoms with van der Waals surface area (Å²) in [5.41, 5.74) is 43.4. The molecule has 123 heavy (non-hydrogen) atoms. The molecule has 0 amide bonds. The van der Waals surface area contributed by atoms with E-state index >= 15 is 0 Å². The van der Waals surface area contributed by atoms with Gasteiger partial charge >= 0.3 is 0 Å². The zero-order chi connectivity index (χ0) is 82.7. The molecule has 0 spiro atoms. The van der Waals surface area contributed by atoms with E-state index in [1.807, 2.05) is 0 Å². The normalized spacial score (nSPS) is 13.1. The fourth-order valence-electron chi connectivity index (χ4n) is 21.7. The first kappa shape index (κ1) is 73.3. The number of rotatable bonds is 13. The molecule has 6 heterocycles. The molecule has 0 aliphatic carbocycles. The van der Waals surface area contributed by atoms with Crippen LogP contribution in [0.15, 0.2) is 358 Å². The van der Waals surface area contributed by atoms with Crippen LogP contribution in [0, 0.1) is 62.3 Å². The van der Waals surface area contributed by atoms with Crippen molar-refractivity contribution in [1.82, 2.24) is 0 Å². The number of anilines is 21. The van der Waals surface area contributed by atoms with Gasteiger partial charge in [0.05, 0.1) is 34.1 Å². The number of ether oxygens (including phenoxy) is 2. The third-order valence-corrected chi connectivity index (χ3v) is 26.1. The molecule has 0 bridgehead atoms. The fraction of sp³-hybridized carbons (Fsp3) is 0.0811. The fourth-order valence-corrected chi connectivity index (χ4v) is 21.7. The van der Waals surface area contributed by atoms with Crippen molar-refractivity contribution in [3.63, 3.8) is 0 Å². The summed E-state index contributed by atoms with van der Waals surface area (Å²) in [5, 5.41) is 0. The van der Waals surface area contributed by atoms with Crippen LogP contribution in [0.4, 0.5) is 119 Å². The Morgan fingerprint density at radius 1 is 0.195 bits per heavy atom. The van der Waals surface area contributed by atoms with Crippen LogP contribution in [-0.2, 0) is 0 Å². The molecule has 0 fully saturated rings. The highest BCUT2D eigenvalue weighted by atomic mass is 16.5. The van der Waals surface area contributed by atoms with E-state index in [2.05, 4.69) is 455 Å². The second kappa shape index (κ2) is 28.7. The molecule has 0 aromatic heterocycles. The van der Waals surface area contributed by atoms with Crippen molar-refractivity contribution in [3.8, 4) is 23.0 Å². The molecule has 17 aromatic carbocycles. The summed E-state index contributed by atoms with van der Waals surface area (Å²) in [5.74, 6) is 3.24. The molecule has 0 N–H and O–H groups in total. The minimum Gasteiger partial charge on any atom is -0.458 e. The van der Waals surface area contributed by atoms with E-state index in [1.54, 1.807) is 0 Å². The lowest BCUT2D eigenvalue weighted by atomic mass is 9.29. The Hall–Kier alpha value is -14.9. The summed E-state index contributed by atoms with van der Waals surface area (Å²) in [6, 6.07) is 133. The zero-order valence-electron chi connectivity index (χ0n) is 70.2. The first-order valence-corrected chi connectivity index (χ1v) is 42.9. The van der Waals surface area contributed by atoms with E-state index in [-0.39, 0.29) is 13.4 Å². The van der Waals surface area contributed by atoms with Gasteiger partial charge in [0.2, 0.25) is 0 Å². The molecule has 0 saturated carbocycles. The highest BCUT2D eigenvalue weighted by Gasteiger charge is 2.52. The van der Waals surface area contributed by atoms with Gasteiger partial charge in [-0.05, 0) is 272 Å². The van der Waals surface area contributed by atoms with Crippen molar-refractivity contribution in [2.45, 2.75) is 62.3 Å². The van der Waals surface area contributed by atoms with Gasteiger partial charge < -0.3 is 43.8 Å². The van der Waals surface area contributed by atoms with Crippen molar-refractivity contribution < 1.29 is 9.47 Å². The molecule has 9 nitrogen and oxygen atoms in total. The Bertz CT molecular complexity index is 6990. The Morgan fingerprint density at radius 2 is 0.488 bits per heavy atom. The van der Waals surface area contributed by atoms with Crippen molar-refractivity contribution in [2.24, 2.45) is 0 Å². The minimum atomic E-state index is -0.410. The Morgan fingerprint density at radius 3 is 0.886 bits per heavy atom. The smallest absolute Gasteiger partial charge is 0.256 e. The van der Waals surface area contributed by atoms with Gasteiger partial charge in [-0.3, -0.25) is 0 Å². The van der Waals surface area contributed by atoms with Crippen LogP contribution in [0.3, 0.4) is 0 Å². The predicted molar refractivity (Wildman–Crippen MR) is 519 cm³/mol. The quantitative estimate of drug-likeness (QED) is 0.105. The molecule has 0 saturated heterocycles. The predicted octanol–water partition coefficient (Wildman–Crippen LogP) is 23.8. The largest absolute Gasteiger partial charge is 0.458 e. The van der Waals surface area contributed by atoms with Gasteiger partial charge in [0.25, 0.3) is 20.1 Å². The summed E-state index contributed by atoms with van der Waals surface area (Å²) in [6.07, 6.45) is 0. The molecule has 6 aliphatic rings. The molecule has 0 radical (unpaired) electrons. The van der Waals surface area contributed by atoms with Gasteiger partial charge in [0.1, 0.15) is 23.0 Å². The van der Waals surface area contributed by atoms with Gasteiger partial charge in [-0.15, -0.1) is 0 Å². The summed E-state index contributed by atoms with van der Waals surface area (Å²) >= 11 is 0. The van der Waals surface area contributed by atoms with E-state index in [0.29, 0.717) is 0 Å². The molecule has 12 heteroatoms. The van der Waals surface area contributed by atoms with E-state index in [0.717, 1.165) is 164 Å². The van der Waals surface area contributed by atoms with Gasteiger partial charge in [0.15, 0.2) is 0 Å². The molecule has 0 unspecified atom stereocenters. The number of hydrogen-bond acceptors (Lipinski definition) is 9. The summed E-state index contributed by atoms with van der Waals surface area (Å²) < 4.78 is 15.8. The Balaban J connectivity index is 0.854. The maximum Gasteiger partial charge on any atom is 0.256 e. The number of benzene rings is 17. The van der Waals surface area contributed by atoms with Crippen molar-refractivity contribution in [2.75, 3.05) is 34.3 Å². The third-order valence-electron chi connectivity index (χ3n) is 26.1. The van der Waals surface area contributed by atoms with Crippen LogP contribution in [0.5, 0.6) is 23.0 Å². The standard InChI is InChI=1S/C111H86B3N7O2/c1-69-53-72(4)109(73(5)54-69)119-95-67-96-91(65-90(95)113-89-50-32-34-52-102(89)122-104-63-86(61-100(119)107(104)113)116(80-39-21-12-22-40-80)81-41-23-13-24-42-81)114-93-66-92-97(68-103(93)123-105-64-87(117(82-43-25-14-26-44-82)83-45-27-15-28-46-83)62-101(108(105)114)120(96)110-74(6)55-70(2)56-75(110)7)121(111-76(8)57-71(3)58-77(111)9)99-60-85(115(78-35-17-10-18-36-78)79-37-19-11-20-38-79)59-98-106(99)112(92)88-49-31-33-51-94(88)118(98)84-47-29-16-30-48-84/h10-68H,1-9H3. The first-order chi connectivity index (χ1) is 60.2. The zero-order valence-corrected chi connectivity index (χ0v) is 70.2. The van der Waals surface area contributed by atoms with E-state index in [9.17, 15) is 0 Å². The average Bonchev–Trinajstić information content (AvgIpc) is 0.690. The average molecular weight is 1580 g/mol. The lowest BCUT2D eigenvalue weighted by molar-refractivity contribution is 0.487. The number of nitrogens with zero attached hydrogens (tertiary/aromatic N) is 7. The van der Waals surface area contributed by atoms with E-state index in [4.69, 9.17) is 9.47 Å². The molecule has 586 valence electrons. The van der Waals surface area contributed by atoms with Gasteiger partial charge in [-0.1, -0.05) is 229 Å². The summed E-state index contributed by atoms with van der Waals surface area (Å²) in [4.78, 5) is 17.6. The Labute approximate surface area is 721 Å². The molecular weight excluding hydrogens is 1500 g/mol. The Kier molecular flexibility index (Phi) is 17.1.